The summed E-state index contributed by atoms with van der Waals surface area (Å²) in [4.78, 5) is 16.7. The summed E-state index contributed by atoms with van der Waals surface area (Å²) < 4.78 is 0. The highest BCUT2D eigenvalue weighted by Gasteiger charge is 2.32. The maximum atomic E-state index is 12.8. The predicted octanol–water partition coefficient (Wildman–Crippen LogP) is 2.31. The maximum absolute atomic E-state index is 12.8. The molecule has 0 aliphatic carbocycles. The molecule has 1 fully saturated rings. The Morgan fingerprint density at radius 2 is 1.85 bits per heavy atom. The van der Waals surface area contributed by atoms with Crippen molar-refractivity contribution in [1.82, 2.24) is 9.80 Å². The molecule has 0 spiro atoms. The summed E-state index contributed by atoms with van der Waals surface area (Å²) in [6, 6.07) is 7.69. The normalized spacial score (nSPS) is 21.7. The molecule has 1 amide bonds. The van der Waals surface area contributed by atoms with Crippen LogP contribution in [0.25, 0.3) is 0 Å². The van der Waals surface area contributed by atoms with E-state index in [0.29, 0.717) is 38.0 Å². The lowest BCUT2D eigenvalue weighted by Crippen LogP contribution is -2.41. The van der Waals surface area contributed by atoms with E-state index in [1.165, 1.54) is 0 Å². The van der Waals surface area contributed by atoms with Crippen LogP contribution >= 0.6 is 0 Å². The second kappa shape index (κ2) is 8.51. The summed E-state index contributed by atoms with van der Waals surface area (Å²) >= 11 is 0. The monoisotopic (exact) mass is 362 g/mol. The Morgan fingerprint density at radius 3 is 2.42 bits per heavy atom. The van der Waals surface area contributed by atoms with Gasteiger partial charge < -0.3 is 20.0 Å². The van der Waals surface area contributed by atoms with Crippen LogP contribution in [0.3, 0.4) is 0 Å². The maximum Gasteiger partial charge on any atom is 0.253 e. The summed E-state index contributed by atoms with van der Waals surface area (Å²) in [5.41, 5.74) is 0.429. The van der Waals surface area contributed by atoms with Crippen molar-refractivity contribution in [3.8, 4) is 0 Å². The van der Waals surface area contributed by atoms with Gasteiger partial charge in [0.05, 0.1) is 11.2 Å². The van der Waals surface area contributed by atoms with Crippen LogP contribution in [0.1, 0.15) is 55.5 Å². The van der Waals surface area contributed by atoms with Gasteiger partial charge in [0, 0.05) is 25.2 Å². The van der Waals surface area contributed by atoms with Gasteiger partial charge >= 0.3 is 0 Å². The molecule has 1 saturated heterocycles. The van der Waals surface area contributed by atoms with Gasteiger partial charge in [-0.25, -0.2) is 0 Å². The van der Waals surface area contributed by atoms with Crippen molar-refractivity contribution in [3.05, 3.63) is 35.4 Å². The van der Waals surface area contributed by atoms with Crippen molar-refractivity contribution in [2.24, 2.45) is 0 Å². The number of likely N-dealkylation sites (tertiary alicyclic amines) is 1. The Hall–Kier alpha value is -1.43. The molecular weight excluding hydrogens is 328 g/mol. The lowest BCUT2D eigenvalue weighted by atomic mass is 9.94. The fraction of sp³-hybridized carbons (Fsp3) is 0.667. The van der Waals surface area contributed by atoms with Crippen molar-refractivity contribution in [2.75, 3.05) is 33.7 Å². The first kappa shape index (κ1) is 20.9. The summed E-state index contributed by atoms with van der Waals surface area (Å²) in [5, 5.41) is 20.6. The predicted molar refractivity (Wildman–Crippen MR) is 104 cm³/mol. The SMILES string of the molecule is CN(C)C[C@]1(O)CCCN(C(=O)c2ccc(CCC(C)(C)O)cc2)CC1. The zero-order valence-electron chi connectivity index (χ0n) is 16.7. The van der Waals surface area contributed by atoms with E-state index in [0.717, 1.165) is 24.8 Å². The largest absolute Gasteiger partial charge is 0.390 e. The van der Waals surface area contributed by atoms with Gasteiger partial charge in [-0.15, -0.1) is 0 Å². The minimum atomic E-state index is -0.709. The molecule has 0 radical (unpaired) electrons. The molecule has 1 aliphatic heterocycles. The van der Waals surface area contributed by atoms with E-state index in [4.69, 9.17) is 0 Å². The van der Waals surface area contributed by atoms with Gasteiger partial charge in [-0.2, -0.15) is 0 Å². The lowest BCUT2D eigenvalue weighted by Gasteiger charge is -2.30. The summed E-state index contributed by atoms with van der Waals surface area (Å²) in [5.74, 6) is 0.0353. The number of benzene rings is 1. The number of rotatable bonds is 6. The summed E-state index contributed by atoms with van der Waals surface area (Å²) in [7, 11) is 3.93. The van der Waals surface area contributed by atoms with Crippen LogP contribution in [0.2, 0.25) is 0 Å². The second-order valence-corrected chi connectivity index (χ2v) is 8.62. The molecular formula is C21H34N2O3. The molecule has 1 atom stereocenters. The number of carbonyl (C=O) groups excluding carboxylic acids is 1. The van der Waals surface area contributed by atoms with Gasteiger partial charge in [0.2, 0.25) is 0 Å². The van der Waals surface area contributed by atoms with Crippen molar-refractivity contribution in [3.63, 3.8) is 0 Å². The van der Waals surface area contributed by atoms with Gasteiger partial charge in [-0.3, -0.25) is 4.79 Å². The van der Waals surface area contributed by atoms with Crippen molar-refractivity contribution in [2.45, 2.75) is 57.2 Å². The number of amides is 1. The van der Waals surface area contributed by atoms with Gasteiger partial charge in [0.25, 0.3) is 5.91 Å². The van der Waals surface area contributed by atoms with Crippen LogP contribution in [0.15, 0.2) is 24.3 Å². The first-order chi connectivity index (χ1) is 12.1. The first-order valence-electron chi connectivity index (χ1n) is 9.56. The molecule has 0 bridgehead atoms. The molecule has 1 aliphatic rings. The van der Waals surface area contributed by atoms with E-state index in [1.807, 2.05) is 62.0 Å². The van der Waals surface area contributed by atoms with E-state index in [1.54, 1.807) is 0 Å². The topological polar surface area (TPSA) is 64.0 Å². The fourth-order valence-corrected chi connectivity index (χ4v) is 3.58. The van der Waals surface area contributed by atoms with Gasteiger partial charge in [0.15, 0.2) is 0 Å². The van der Waals surface area contributed by atoms with Crippen molar-refractivity contribution >= 4 is 5.91 Å². The standard InChI is InChI=1S/C21H34N2O3/c1-20(2,25)12-10-17-6-8-18(9-7-17)19(24)23-14-5-11-21(26,13-15-23)16-22(3)4/h6-9,25-26H,5,10-16H2,1-4H3/t21-/m0/s1. The quantitative estimate of drug-likeness (QED) is 0.815. The van der Waals surface area contributed by atoms with Crippen molar-refractivity contribution < 1.29 is 15.0 Å². The molecule has 0 aromatic heterocycles. The molecule has 26 heavy (non-hydrogen) atoms. The molecule has 5 heteroatoms. The molecule has 0 unspecified atom stereocenters. The molecule has 2 rings (SSSR count). The van der Waals surface area contributed by atoms with Crippen LogP contribution in [0.5, 0.6) is 0 Å². The number of hydrogen-bond donors (Lipinski definition) is 2. The van der Waals surface area contributed by atoms with E-state index >= 15 is 0 Å². The molecule has 2 N–H and O–H groups in total. The van der Waals surface area contributed by atoms with Gasteiger partial charge in [-0.05, 0) is 77.7 Å². The summed E-state index contributed by atoms with van der Waals surface area (Å²) in [6.07, 6.45) is 3.64. The highest BCUT2D eigenvalue weighted by molar-refractivity contribution is 5.94. The minimum absolute atomic E-state index is 0.0353. The Kier molecular flexibility index (Phi) is 6.83. The third-order valence-electron chi connectivity index (χ3n) is 5.04. The van der Waals surface area contributed by atoms with Crippen LogP contribution in [-0.4, -0.2) is 70.9 Å². The lowest BCUT2D eigenvalue weighted by molar-refractivity contribution is 0.00304. The molecule has 1 aromatic carbocycles. The first-order valence-corrected chi connectivity index (χ1v) is 9.56. The zero-order valence-corrected chi connectivity index (χ0v) is 16.7. The average Bonchev–Trinajstić information content (AvgIpc) is 2.73. The molecule has 1 heterocycles. The van der Waals surface area contributed by atoms with E-state index < -0.39 is 11.2 Å². The Morgan fingerprint density at radius 1 is 1.19 bits per heavy atom. The zero-order chi connectivity index (χ0) is 19.4. The number of likely N-dealkylation sites (N-methyl/N-ethyl adjacent to an activating group) is 1. The van der Waals surface area contributed by atoms with Gasteiger partial charge in [0.1, 0.15) is 0 Å². The van der Waals surface area contributed by atoms with Crippen molar-refractivity contribution in [1.29, 1.82) is 0 Å². The Bertz CT molecular complexity index is 592. The highest BCUT2D eigenvalue weighted by Crippen LogP contribution is 2.24. The molecule has 146 valence electrons. The van der Waals surface area contributed by atoms with E-state index in [9.17, 15) is 15.0 Å². The smallest absolute Gasteiger partial charge is 0.253 e. The number of aryl methyl sites for hydroxylation is 1. The number of aliphatic hydroxyl groups is 2. The molecule has 1 aromatic rings. The van der Waals surface area contributed by atoms with Crippen LogP contribution in [-0.2, 0) is 6.42 Å². The van der Waals surface area contributed by atoms with Crippen LogP contribution < -0.4 is 0 Å². The number of nitrogens with zero attached hydrogens (tertiary/aromatic N) is 2. The Balaban J connectivity index is 1.96. The second-order valence-electron chi connectivity index (χ2n) is 8.62. The molecule has 5 nitrogen and oxygen atoms in total. The van der Waals surface area contributed by atoms with Crippen LogP contribution in [0.4, 0.5) is 0 Å². The van der Waals surface area contributed by atoms with Gasteiger partial charge in [-0.1, -0.05) is 12.1 Å². The van der Waals surface area contributed by atoms with Crippen LogP contribution in [0, 0.1) is 0 Å². The van der Waals surface area contributed by atoms with E-state index in [2.05, 4.69) is 0 Å². The highest BCUT2D eigenvalue weighted by atomic mass is 16.3. The minimum Gasteiger partial charge on any atom is -0.390 e. The fourth-order valence-electron chi connectivity index (χ4n) is 3.58. The third-order valence-corrected chi connectivity index (χ3v) is 5.04. The Labute approximate surface area is 157 Å². The number of carbonyl (C=O) groups is 1. The van der Waals surface area contributed by atoms with E-state index in [-0.39, 0.29) is 5.91 Å². The number of hydrogen-bond acceptors (Lipinski definition) is 4. The summed E-state index contributed by atoms with van der Waals surface area (Å²) in [6.45, 7) is 5.52. The molecule has 0 saturated carbocycles. The third kappa shape index (κ3) is 6.38. The average molecular weight is 363 g/mol.